The van der Waals surface area contributed by atoms with E-state index < -0.39 is 29.7 Å². The lowest BCUT2D eigenvalue weighted by Crippen LogP contribution is -2.54. The fourth-order valence-corrected chi connectivity index (χ4v) is 9.85. The number of carbonyl (C=O) groups is 5. The lowest BCUT2D eigenvalue weighted by molar-refractivity contribution is -0.136. The molecule has 350 valence electrons. The molecule has 4 N–H and O–H groups in total. The molecule has 3 aromatic carbocycles. The second-order valence-corrected chi connectivity index (χ2v) is 17.8. The molecule has 0 bridgehead atoms. The standard InChI is InChI=1S/C47H49FN14O6/c48-29-2-1-3-32(22-29)61-27-50-40-41(55-46(56-42(40)61)59-18-20-68-21-19-59)49-25-38-52-35-7-4-30(23-36(35)53-38)51-47(67)60-12-10-28(11-13-60)26-57-14-16-58(17-15-57)31-5-6-33-34(24-31)45(66)62(44(33)65)37-8-9-39(63)54-43(37)64/h1-7,22-24,27-28,37H,8-21,25-26H2,(H,51,67)(H,52,53)(H,49,55,56)(H,54,63,64). The maximum atomic E-state index is 14.2. The number of benzene rings is 3. The van der Waals surface area contributed by atoms with Crippen LogP contribution in [0.25, 0.3) is 27.9 Å². The van der Waals surface area contributed by atoms with Gasteiger partial charge in [-0.2, -0.15) is 9.97 Å². The minimum absolute atomic E-state index is 0.0768. The number of halogens is 1. The molecule has 0 radical (unpaired) electrons. The Bertz CT molecular complexity index is 2970. The van der Waals surface area contributed by atoms with Crippen molar-refractivity contribution in [3.05, 3.63) is 89.8 Å². The Morgan fingerprint density at radius 2 is 1.62 bits per heavy atom. The highest BCUT2D eigenvalue weighted by Crippen LogP contribution is 2.32. The average molecular weight is 925 g/mol. The Morgan fingerprint density at radius 1 is 0.809 bits per heavy atom. The molecule has 1 atom stereocenters. The van der Waals surface area contributed by atoms with E-state index >= 15 is 0 Å². The zero-order valence-electron chi connectivity index (χ0n) is 37.1. The van der Waals surface area contributed by atoms with Gasteiger partial charge in [0.05, 0.1) is 47.6 Å². The predicted octanol–water partition coefficient (Wildman–Crippen LogP) is 3.75. The molecule has 5 aliphatic rings. The minimum atomic E-state index is -0.993. The molecule has 4 fully saturated rings. The molecule has 3 aromatic heterocycles. The largest absolute Gasteiger partial charge is 0.378 e. The van der Waals surface area contributed by atoms with Crippen LogP contribution in [0.4, 0.5) is 32.3 Å². The molecule has 8 heterocycles. The summed E-state index contributed by atoms with van der Waals surface area (Å²) < 4.78 is 21.5. The lowest BCUT2D eigenvalue weighted by atomic mass is 9.96. The van der Waals surface area contributed by atoms with E-state index in [4.69, 9.17) is 19.7 Å². The van der Waals surface area contributed by atoms with Crippen molar-refractivity contribution in [3.8, 4) is 5.69 Å². The number of anilines is 4. The quantitative estimate of drug-likeness (QED) is 0.144. The molecule has 6 aromatic rings. The van der Waals surface area contributed by atoms with Crippen molar-refractivity contribution in [2.75, 3.05) is 92.5 Å². The second-order valence-electron chi connectivity index (χ2n) is 17.8. The summed E-state index contributed by atoms with van der Waals surface area (Å²) >= 11 is 0. The van der Waals surface area contributed by atoms with Crippen LogP contribution in [-0.2, 0) is 20.9 Å². The highest BCUT2D eigenvalue weighted by atomic mass is 19.1. The maximum Gasteiger partial charge on any atom is 0.321 e. The van der Waals surface area contributed by atoms with E-state index in [2.05, 4.69) is 40.6 Å². The number of H-pyrrole nitrogens is 1. The summed E-state index contributed by atoms with van der Waals surface area (Å²) in [6.07, 6.45) is 3.60. The maximum absolute atomic E-state index is 14.2. The molecule has 11 rings (SSSR count). The van der Waals surface area contributed by atoms with Crippen molar-refractivity contribution in [2.24, 2.45) is 5.92 Å². The zero-order valence-corrected chi connectivity index (χ0v) is 37.1. The van der Waals surface area contributed by atoms with E-state index in [0.29, 0.717) is 92.0 Å². The summed E-state index contributed by atoms with van der Waals surface area (Å²) in [6.45, 7) is 8.12. The topological polar surface area (TPSA) is 219 Å². The van der Waals surface area contributed by atoms with Gasteiger partial charge in [0.2, 0.25) is 17.8 Å². The second kappa shape index (κ2) is 17.9. The highest BCUT2D eigenvalue weighted by Gasteiger charge is 2.45. The number of ether oxygens (including phenoxy) is 1. The number of amides is 6. The van der Waals surface area contributed by atoms with Crippen LogP contribution in [0.1, 0.15) is 52.2 Å². The first-order valence-electron chi connectivity index (χ1n) is 23.1. The number of urea groups is 1. The molecular weight excluding hydrogens is 876 g/mol. The molecule has 20 nitrogen and oxygen atoms in total. The number of carbonyl (C=O) groups excluding carboxylic acids is 5. The van der Waals surface area contributed by atoms with E-state index in [9.17, 15) is 28.4 Å². The van der Waals surface area contributed by atoms with Crippen molar-refractivity contribution in [3.63, 3.8) is 0 Å². The van der Waals surface area contributed by atoms with Crippen LogP contribution in [0.3, 0.4) is 0 Å². The molecule has 6 amide bonds. The van der Waals surface area contributed by atoms with Gasteiger partial charge in [0.1, 0.15) is 24.0 Å². The molecule has 0 spiro atoms. The Labute approximate surface area is 388 Å². The first-order valence-corrected chi connectivity index (χ1v) is 23.1. The van der Waals surface area contributed by atoms with Crippen LogP contribution in [0.2, 0.25) is 0 Å². The number of likely N-dealkylation sites (tertiary alicyclic amines) is 1. The number of imidazole rings is 2. The number of fused-ring (bicyclic) bond motifs is 3. The number of imide groups is 2. The Morgan fingerprint density at radius 3 is 2.41 bits per heavy atom. The van der Waals surface area contributed by atoms with E-state index in [1.165, 1.54) is 12.1 Å². The Kier molecular flexibility index (Phi) is 11.4. The smallest absolute Gasteiger partial charge is 0.321 e. The summed E-state index contributed by atoms with van der Waals surface area (Å²) in [5, 5.41) is 8.72. The van der Waals surface area contributed by atoms with Crippen LogP contribution in [-0.4, -0.2) is 152 Å². The van der Waals surface area contributed by atoms with Crippen molar-refractivity contribution < 1.29 is 33.1 Å². The average Bonchev–Trinajstić information content (AvgIpc) is 4.05. The third-order valence-corrected chi connectivity index (χ3v) is 13.5. The molecule has 68 heavy (non-hydrogen) atoms. The van der Waals surface area contributed by atoms with Crippen LogP contribution >= 0.6 is 0 Å². The third kappa shape index (κ3) is 8.42. The van der Waals surface area contributed by atoms with E-state index in [1.54, 1.807) is 35.2 Å². The first kappa shape index (κ1) is 43.1. The summed E-state index contributed by atoms with van der Waals surface area (Å²) in [5.41, 5.74) is 5.26. The molecule has 1 unspecified atom stereocenters. The van der Waals surface area contributed by atoms with Gasteiger partial charge in [0, 0.05) is 76.7 Å². The van der Waals surface area contributed by atoms with Gasteiger partial charge in [-0.05, 0) is 79.8 Å². The van der Waals surface area contributed by atoms with Crippen molar-refractivity contribution >= 4 is 75.0 Å². The Hall–Kier alpha value is -7.52. The summed E-state index contributed by atoms with van der Waals surface area (Å²) in [5.74, 6) is -0.253. The van der Waals surface area contributed by atoms with Gasteiger partial charge in [-0.25, -0.2) is 19.2 Å². The molecule has 21 heteroatoms. The van der Waals surface area contributed by atoms with Gasteiger partial charge in [-0.15, -0.1) is 0 Å². The number of aromatic amines is 1. The normalized spacial score (nSPS) is 19.6. The summed E-state index contributed by atoms with van der Waals surface area (Å²) in [4.78, 5) is 96.2. The number of nitrogens with one attached hydrogen (secondary N) is 4. The number of hydrogen-bond donors (Lipinski definition) is 4. The monoisotopic (exact) mass is 924 g/mol. The summed E-state index contributed by atoms with van der Waals surface area (Å²) in [7, 11) is 0. The first-order chi connectivity index (χ1) is 33.1. The van der Waals surface area contributed by atoms with Gasteiger partial charge < -0.3 is 35.1 Å². The Balaban J connectivity index is 0.668. The predicted molar refractivity (Wildman–Crippen MR) is 248 cm³/mol. The highest BCUT2D eigenvalue weighted by molar-refractivity contribution is 6.23. The molecule has 0 aliphatic carbocycles. The zero-order chi connectivity index (χ0) is 46.5. The van der Waals surface area contributed by atoms with Crippen LogP contribution < -0.4 is 25.8 Å². The number of morpholine rings is 1. The fourth-order valence-electron chi connectivity index (χ4n) is 9.85. The molecule has 4 saturated heterocycles. The minimum Gasteiger partial charge on any atom is -0.378 e. The van der Waals surface area contributed by atoms with Gasteiger partial charge in [0.15, 0.2) is 17.0 Å². The van der Waals surface area contributed by atoms with Crippen molar-refractivity contribution in [2.45, 2.75) is 38.3 Å². The lowest BCUT2D eigenvalue weighted by Gasteiger charge is -2.39. The van der Waals surface area contributed by atoms with Gasteiger partial charge in [-0.1, -0.05) is 6.07 Å². The van der Waals surface area contributed by atoms with Crippen LogP contribution in [0.15, 0.2) is 67.0 Å². The number of aromatic nitrogens is 6. The number of nitrogens with zero attached hydrogens (tertiary/aromatic N) is 10. The van der Waals surface area contributed by atoms with Crippen LogP contribution in [0, 0.1) is 11.7 Å². The molecule has 5 aliphatic heterocycles. The van der Waals surface area contributed by atoms with Gasteiger partial charge >= 0.3 is 6.03 Å². The summed E-state index contributed by atoms with van der Waals surface area (Å²) in [6, 6.07) is 16.0. The molecular formula is C47H49FN14O6. The van der Waals surface area contributed by atoms with E-state index in [1.807, 2.05) is 29.2 Å². The number of piperazine rings is 1. The number of piperidine rings is 2. The third-order valence-electron chi connectivity index (χ3n) is 13.5. The number of rotatable bonds is 10. The number of hydrogen-bond acceptors (Lipinski definition) is 14. The SMILES string of the molecule is O=C1CCC(N2C(=O)c3ccc(N4CCN(CC5CCN(C(=O)Nc6ccc7nc(CNc8nc(N9CCOCC9)nc9c8ncn9-c8cccc(F)c8)[nH]c7c6)CC5)CC4)cc3C2=O)C(=O)N1. The van der Waals surface area contributed by atoms with Gasteiger partial charge in [-0.3, -0.25) is 38.9 Å². The van der Waals surface area contributed by atoms with Crippen molar-refractivity contribution in [1.82, 2.24) is 49.5 Å². The van der Waals surface area contributed by atoms with E-state index in [0.717, 1.165) is 67.2 Å². The van der Waals surface area contributed by atoms with Gasteiger partial charge in [0.25, 0.3) is 11.8 Å². The fraction of sp³-hybridized carbons (Fsp3) is 0.383. The van der Waals surface area contributed by atoms with E-state index in [-0.39, 0.29) is 35.8 Å². The molecule has 0 saturated carbocycles. The van der Waals surface area contributed by atoms with Crippen molar-refractivity contribution in [1.29, 1.82) is 0 Å². The van der Waals surface area contributed by atoms with Crippen LogP contribution in [0.5, 0.6) is 0 Å².